The summed E-state index contributed by atoms with van der Waals surface area (Å²) in [5.74, 6) is -1.10. The van der Waals surface area contributed by atoms with Crippen LogP contribution in [0.2, 0.25) is 0 Å². The van der Waals surface area contributed by atoms with Crippen molar-refractivity contribution < 1.29 is 19.8 Å². The highest BCUT2D eigenvalue weighted by Crippen LogP contribution is 2.15. The summed E-state index contributed by atoms with van der Waals surface area (Å²) in [5, 5.41) is 21.4. The normalized spacial score (nSPS) is 11.9. The van der Waals surface area contributed by atoms with Gasteiger partial charge in [-0.3, -0.25) is 4.79 Å². The molecule has 34 heavy (non-hydrogen) atoms. The van der Waals surface area contributed by atoms with Gasteiger partial charge in [-0.15, -0.1) is 0 Å². The molecule has 0 bridgehead atoms. The zero-order chi connectivity index (χ0) is 24.9. The third-order valence-electron chi connectivity index (χ3n) is 6.52. The monoisotopic (exact) mass is 475 g/mol. The quantitative estimate of drug-likeness (QED) is 0.151. The summed E-state index contributed by atoms with van der Waals surface area (Å²) < 4.78 is 0. The minimum atomic E-state index is -1.04. The molecular weight excluding hydrogens is 426 g/mol. The average Bonchev–Trinajstić information content (AvgIpc) is 2.82. The minimum absolute atomic E-state index is 0.137. The van der Waals surface area contributed by atoms with Crippen LogP contribution in [0.5, 0.6) is 5.75 Å². The van der Waals surface area contributed by atoms with Crippen molar-refractivity contribution in [3.05, 3.63) is 29.8 Å². The number of carbonyl (C=O) groups excluding carboxylic acids is 1. The van der Waals surface area contributed by atoms with Crippen molar-refractivity contribution in [3.63, 3.8) is 0 Å². The second-order valence-electron chi connectivity index (χ2n) is 9.74. The minimum Gasteiger partial charge on any atom is -0.508 e. The van der Waals surface area contributed by atoms with Crippen molar-refractivity contribution in [2.75, 3.05) is 0 Å². The van der Waals surface area contributed by atoms with Crippen LogP contribution in [-0.4, -0.2) is 28.1 Å². The first-order valence-corrected chi connectivity index (χ1v) is 13.8. The third-order valence-corrected chi connectivity index (χ3v) is 6.52. The van der Waals surface area contributed by atoms with E-state index < -0.39 is 12.0 Å². The molecule has 194 valence electrons. The second kappa shape index (κ2) is 20.3. The van der Waals surface area contributed by atoms with E-state index in [1.165, 1.54) is 102 Å². The van der Waals surface area contributed by atoms with Gasteiger partial charge in [0.15, 0.2) is 0 Å². The van der Waals surface area contributed by atoms with Crippen LogP contribution in [0.3, 0.4) is 0 Å². The van der Waals surface area contributed by atoms with E-state index in [1.807, 2.05) is 0 Å². The standard InChI is InChI=1S/C29H49NO4/c1-2-3-4-5-6-7-8-9-10-11-12-13-14-15-16-17-18-19-28(32)30-27(29(33)34)24-25-20-22-26(31)23-21-25/h20-23,27,31H,2-19,24H2,1H3,(H,30,32)(H,33,34)/t27-/m1/s1. The predicted molar refractivity (Wildman–Crippen MR) is 140 cm³/mol. The van der Waals surface area contributed by atoms with Crippen molar-refractivity contribution in [2.45, 2.75) is 135 Å². The fourth-order valence-corrected chi connectivity index (χ4v) is 4.34. The molecule has 0 radical (unpaired) electrons. The van der Waals surface area contributed by atoms with E-state index in [0.717, 1.165) is 24.8 Å². The lowest BCUT2D eigenvalue weighted by Crippen LogP contribution is -2.42. The number of hydrogen-bond donors (Lipinski definition) is 3. The maximum atomic E-state index is 12.1. The molecule has 0 spiro atoms. The van der Waals surface area contributed by atoms with Crippen molar-refractivity contribution in [2.24, 2.45) is 0 Å². The summed E-state index contributed by atoms with van der Waals surface area (Å²) in [5.41, 5.74) is 0.767. The Balaban J connectivity index is 1.94. The number of aliphatic carboxylic acids is 1. The van der Waals surface area contributed by atoms with Gasteiger partial charge in [0.05, 0.1) is 0 Å². The van der Waals surface area contributed by atoms with Gasteiger partial charge in [-0.1, -0.05) is 122 Å². The van der Waals surface area contributed by atoms with Crippen molar-refractivity contribution >= 4 is 11.9 Å². The van der Waals surface area contributed by atoms with E-state index in [0.29, 0.717) is 6.42 Å². The van der Waals surface area contributed by atoms with Gasteiger partial charge in [-0.05, 0) is 24.1 Å². The summed E-state index contributed by atoms with van der Waals surface area (Å²) in [7, 11) is 0. The van der Waals surface area contributed by atoms with Gasteiger partial charge in [0.1, 0.15) is 11.8 Å². The maximum Gasteiger partial charge on any atom is 0.326 e. The molecule has 1 rings (SSSR count). The van der Waals surface area contributed by atoms with Gasteiger partial charge in [0, 0.05) is 12.8 Å². The van der Waals surface area contributed by atoms with Crippen LogP contribution in [0.15, 0.2) is 24.3 Å². The number of amides is 1. The van der Waals surface area contributed by atoms with Crippen molar-refractivity contribution in [1.82, 2.24) is 5.32 Å². The van der Waals surface area contributed by atoms with Crippen LogP contribution < -0.4 is 5.32 Å². The molecule has 0 aromatic heterocycles. The Hall–Kier alpha value is -2.04. The molecule has 0 aliphatic carbocycles. The maximum absolute atomic E-state index is 12.1. The fourth-order valence-electron chi connectivity index (χ4n) is 4.34. The number of carboxylic acid groups (broad SMARTS) is 1. The molecule has 0 aliphatic rings. The molecule has 3 N–H and O–H groups in total. The highest BCUT2D eigenvalue weighted by molar-refractivity contribution is 5.83. The van der Waals surface area contributed by atoms with Crippen LogP contribution in [0, 0.1) is 0 Å². The molecule has 5 nitrogen and oxygen atoms in total. The van der Waals surface area contributed by atoms with E-state index in [9.17, 15) is 19.8 Å². The lowest BCUT2D eigenvalue weighted by atomic mass is 10.0. The first-order valence-electron chi connectivity index (χ1n) is 13.8. The summed E-state index contributed by atoms with van der Waals surface area (Å²) in [6.07, 6.45) is 22.6. The van der Waals surface area contributed by atoms with Gasteiger partial charge in [-0.2, -0.15) is 0 Å². The Kier molecular flexibility index (Phi) is 17.9. The molecule has 1 amide bonds. The van der Waals surface area contributed by atoms with Crippen molar-refractivity contribution in [1.29, 1.82) is 0 Å². The topological polar surface area (TPSA) is 86.6 Å². The first-order chi connectivity index (χ1) is 16.5. The molecule has 5 heteroatoms. The molecule has 0 saturated heterocycles. The average molecular weight is 476 g/mol. The van der Waals surface area contributed by atoms with Gasteiger partial charge >= 0.3 is 5.97 Å². The number of aromatic hydroxyl groups is 1. The Morgan fingerprint density at radius 3 is 1.53 bits per heavy atom. The van der Waals surface area contributed by atoms with Gasteiger partial charge in [0.25, 0.3) is 0 Å². The molecular formula is C29H49NO4. The SMILES string of the molecule is CCCCCCCCCCCCCCCCCCCC(=O)N[C@H](Cc1ccc(O)cc1)C(=O)O. The smallest absolute Gasteiger partial charge is 0.326 e. The molecule has 0 unspecified atom stereocenters. The lowest BCUT2D eigenvalue weighted by molar-refractivity contribution is -0.141. The summed E-state index contributed by atoms with van der Waals surface area (Å²) in [6, 6.07) is 5.45. The fraction of sp³-hybridized carbons (Fsp3) is 0.724. The van der Waals surface area contributed by atoms with Gasteiger partial charge < -0.3 is 15.5 Å². The predicted octanol–water partition coefficient (Wildman–Crippen LogP) is 7.55. The molecule has 0 fully saturated rings. The Morgan fingerprint density at radius 1 is 0.706 bits per heavy atom. The Bertz CT molecular complexity index is 644. The second-order valence-corrected chi connectivity index (χ2v) is 9.74. The number of unbranched alkanes of at least 4 members (excludes halogenated alkanes) is 16. The van der Waals surface area contributed by atoms with E-state index in [4.69, 9.17) is 0 Å². The summed E-state index contributed by atoms with van der Waals surface area (Å²) >= 11 is 0. The van der Waals surface area contributed by atoms with Crippen LogP contribution in [-0.2, 0) is 16.0 Å². The number of phenolic OH excluding ortho intramolecular Hbond substituents is 1. The summed E-state index contributed by atoms with van der Waals surface area (Å²) in [6.45, 7) is 2.27. The van der Waals surface area contributed by atoms with Crippen LogP contribution in [0.25, 0.3) is 0 Å². The number of carboxylic acids is 1. The first kappa shape index (κ1) is 30.0. The number of rotatable bonds is 22. The largest absolute Gasteiger partial charge is 0.508 e. The number of nitrogens with one attached hydrogen (secondary N) is 1. The molecule has 1 aromatic rings. The zero-order valence-electron chi connectivity index (χ0n) is 21.5. The molecule has 1 atom stereocenters. The highest BCUT2D eigenvalue weighted by atomic mass is 16.4. The number of phenols is 1. The third kappa shape index (κ3) is 16.6. The van der Waals surface area contributed by atoms with E-state index in [2.05, 4.69) is 12.2 Å². The van der Waals surface area contributed by atoms with E-state index in [-0.39, 0.29) is 18.1 Å². The van der Waals surface area contributed by atoms with Gasteiger partial charge in [-0.25, -0.2) is 4.79 Å². The van der Waals surface area contributed by atoms with E-state index in [1.54, 1.807) is 12.1 Å². The van der Waals surface area contributed by atoms with Crippen LogP contribution in [0.1, 0.15) is 128 Å². The van der Waals surface area contributed by atoms with Crippen molar-refractivity contribution in [3.8, 4) is 5.75 Å². The molecule has 1 aromatic carbocycles. The Labute approximate surface area is 207 Å². The van der Waals surface area contributed by atoms with Crippen LogP contribution >= 0.6 is 0 Å². The Morgan fingerprint density at radius 2 is 1.12 bits per heavy atom. The molecule has 0 saturated carbocycles. The summed E-state index contributed by atoms with van der Waals surface area (Å²) in [4.78, 5) is 23.6. The molecule has 0 aliphatic heterocycles. The van der Waals surface area contributed by atoms with E-state index >= 15 is 0 Å². The number of hydrogen-bond acceptors (Lipinski definition) is 3. The molecule has 0 heterocycles. The number of carbonyl (C=O) groups is 2. The zero-order valence-corrected chi connectivity index (χ0v) is 21.5. The van der Waals surface area contributed by atoms with Gasteiger partial charge in [0.2, 0.25) is 5.91 Å². The van der Waals surface area contributed by atoms with Crippen LogP contribution in [0.4, 0.5) is 0 Å². The highest BCUT2D eigenvalue weighted by Gasteiger charge is 2.20. The number of benzene rings is 1. The lowest BCUT2D eigenvalue weighted by Gasteiger charge is -2.14.